The third kappa shape index (κ3) is 5.33. The Morgan fingerprint density at radius 3 is 2.54 bits per heavy atom. The molecule has 0 spiro atoms. The highest BCUT2D eigenvalue weighted by Crippen LogP contribution is 2.21. The molecule has 1 aromatic carbocycles. The van der Waals surface area contributed by atoms with Gasteiger partial charge in [0, 0.05) is 18.7 Å². The van der Waals surface area contributed by atoms with E-state index in [4.69, 9.17) is 4.74 Å². The molecule has 0 radical (unpaired) electrons. The fourth-order valence-corrected chi connectivity index (χ4v) is 2.47. The summed E-state index contributed by atoms with van der Waals surface area (Å²) in [6, 6.07) is 11.3. The number of para-hydroxylation sites is 1. The summed E-state index contributed by atoms with van der Waals surface area (Å²) in [6.45, 7) is 6.96. The fraction of sp³-hybridized carbons (Fsp3) is 0.421. The molecule has 2 aromatic rings. The molecule has 0 saturated heterocycles. The average molecular weight is 328 g/mol. The highest BCUT2D eigenvalue weighted by molar-refractivity contribution is 5.79. The lowest BCUT2D eigenvalue weighted by molar-refractivity contribution is -0.155. The van der Waals surface area contributed by atoms with E-state index in [2.05, 4.69) is 10.3 Å². The second-order valence-corrected chi connectivity index (χ2v) is 6.81. The number of benzene rings is 1. The normalized spacial score (nSPS) is 12.7. The molecule has 1 atom stereocenters. The Bertz CT molecular complexity index is 735. The molecular formula is C19H24N2O3. The van der Waals surface area contributed by atoms with E-state index < -0.39 is 5.60 Å². The second kappa shape index (κ2) is 7.43. The smallest absolute Gasteiger partial charge is 0.306 e. The number of fused-ring (bicyclic) bond motifs is 1. The van der Waals surface area contributed by atoms with E-state index >= 15 is 0 Å². The molecule has 1 unspecified atom stereocenters. The number of nitrogens with one attached hydrogen (secondary N) is 1. The van der Waals surface area contributed by atoms with Crippen LogP contribution in [0.3, 0.4) is 0 Å². The van der Waals surface area contributed by atoms with Gasteiger partial charge in [0.1, 0.15) is 5.60 Å². The van der Waals surface area contributed by atoms with Crippen LogP contribution in [0.4, 0.5) is 0 Å². The highest BCUT2D eigenvalue weighted by Gasteiger charge is 2.20. The summed E-state index contributed by atoms with van der Waals surface area (Å²) >= 11 is 0. The number of amides is 1. The van der Waals surface area contributed by atoms with Crippen molar-refractivity contribution in [3.05, 3.63) is 42.1 Å². The zero-order chi connectivity index (χ0) is 17.7. The summed E-state index contributed by atoms with van der Waals surface area (Å²) in [5.41, 5.74) is 1.09. The van der Waals surface area contributed by atoms with Crippen molar-refractivity contribution in [1.82, 2.24) is 10.3 Å². The second-order valence-electron chi connectivity index (χ2n) is 6.81. The van der Waals surface area contributed by atoms with Crippen molar-refractivity contribution in [3.63, 3.8) is 0 Å². The van der Waals surface area contributed by atoms with Crippen LogP contribution in [0.2, 0.25) is 0 Å². The van der Waals surface area contributed by atoms with Crippen LogP contribution in [-0.4, -0.2) is 22.5 Å². The number of nitrogens with zero attached hydrogens (tertiary/aromatic N) is 1. The fourth-order valence-electron chi connectivity index (χ4n) is 2.47. The van der Waals surface area contributed by atoms with Crippen molar-refractivity contribution in [2.75, 3.05) is 0 Å². The summed E-state index contributed by atoms with van der Waals surface area (Å²) in [6.07, 6.45) is 0.663. The van der Waals surface area contributed by atoms with Crippen LogP contribution < -0.4 is 5.32 Å². The SMILES string of the molecule is CC(=O)NC(CCC(=O)OC(C)(C)C)c1ccc2ccccc2n1. The first-order chi connectivity index (χ1) is 11.2. The van der Waals surface area contributed by atoms with Crippen LogP contribution in [0.1, 0.15) is 52.3 Å². The maximum absolute atomic E-state index is 11.9. The number of esters is 1. The first-order valence-electron chi connectivity index (χ1n) is 8.09. The standard InChI is InChI=1S/C19H24N2O3/c1-13(22)20-16(11-12-18(23)24-19(2,3)4)17-10-9-14-7-5-6-8-15(14)21-17/h5-10,16H,11-12H2,1-4H3,(H,20,22). The van der Waals surface area contributed by atoms with Gasteiger partial charge in [0.15, 0.2) is 0 Å². The lowest BCUT2D eigenvalue weighted by atomic mass is 10.1. The van der Waals surface area contributed by atoms with Crippen LogP contribution in [0.15, 0.2) is 36.4 Å². The highest BCUT2D eigenvalue weighted by atomic mass is 16.6. The molecular weight excluding hydrogens is 304 g/mol. The molecule has 0 bridgehead atoms. The van der Waals surface area contributed by atoms with Crippen LogP contribution in [0.5, 0.6) is 0 Å². The molecule has 24 heavy (non-hydrogen) atoms. The van der Waals surface area contributed by atoms with Gasteiger partial charge in [-0.25, -0.2) is 0 Å². The van der Waals surface area contributed by atoms with Gasteiger partial charge in [-0.3, -0.25) is 14.6 Å². The number of hydrogen-bond donors (Lipinski definition) is 1. The summed E-state index contributed by atoms with van der Waals surface area (Å²) in [5.74, 6) is -0.433. The summed E-state index contributed by atoms with van der Waals surface area (Å²) in [5, 5.41) is 3.91. The molecule has 0 saturated carbocycles. The molecule has 0 fully saturated rings. The largest absolute Gasteiger partial charge is 0.460 e. The first kappa shape index (κ1) is 17.9. The molecule has 1 N–H and O–H groups in total. The lowest BCUT2D eigenvalue weighted by Gasteiger charge is -2.21. The quantitative estimate of drug-likeness (QED) is 0.853. The van der Waals surface area contributed by atoms with Gasteiger partial charge in [-0.15, -0.1) is 0 Å². The van der Waals surface area contributed by atoms with E-state index in [-0.39, 0.29) is 24.3 Å². The minimum absolute atomic E-state index is 0.154. The van der Waals surface area contributed by atoms with Gasteiger partial charge in [-0.2, -0.15) is 0 Å². The van der Waals surface area contributed by atoms with Crippen molar-refractivity contribution in [2.45, 2.75) is 52.2 Å². The Morgan fingerprint density at radius 1 is 1.17 bits per heavy atom. The van der Waals surface area contributed by atoms with Gasteiger partial charge in [-0.05, 0) is 39.3 Å². The number of ether oxygens (including phenoxy) is 1. The molecule has 0 aliphatic heterocycles. The van der Waals surface area contributed by atoms with E-state index in [0.717, 1.165) is 16.6 Å². The number of pyridine rings is 1. The lowest BCUT2D eigenvalue weighted by Crippen LogP contribution is -2.29. The van der Waals surface area contributed by atoms with Gasteiger partial charge in [0.05, 0.1) is 17.3 Å². The topological polar surface area (TPSA) is 68.3 Å². The van der Waals surface area contributed by atoms with E-state index in [1.807, 2.05) is 57.2 Å². The predicted octanol–water partition coefficient (Wildman–Crippen LogP) is 3.53. The third-order valence-corrected chi connectivity index (χ3v) is 3.41. The van der Waals surface area contributed by atoms with Crippen LogP contribution in [0, 0.1) is 0 Å². The predicted molar refractivity (Wildman–Crippen MR) is 93.4 cm³/mol. The molecule has 128 valence electrons. The molecule has 1 amide bonds. The molecule has 0 aliphatic rings. The Balaban J connectivity index is 2.14. The van der Waals surface area contributed by atoms with Crippen LogP contribution >= 0.6 is 0 Å². The van der Waals surface area contributed by atoms with Crippen molar-refractivity contribution < 1.29 is 14.3 Å². The maximum atomic E-state index is 11.9. The monoisotopic (exact) mass is 328 g/mol. The van der Waals surface area contributed by atoms with E-state index in [1.165, 1.54) is 6.92 Å². The number of carbonyl (C=O) groups excluding carboxylic acids is 2. The summed E-state index contributed by atoms with van der Waals surface area (Å²) < 4.78 is 5.33. The van der Waals surface area contributed by atoms with Gasteiger partial charge in [0.25, 0.3) is 0 Å². The maximum Gasteiger partial charge on any atom is 0.306 e. The average Bonchev–Trinajstić information content (AvgIpc) is 2.49. The summed E-state index contributed by atoms with van der Waals surface area (Å²) in [4.78, 5) is 28.1. The zero-order valence-corrected chi connectivity index (χ0v) is 14.6. The minimum atomic E-state index is -0.512. The van der Waals surface area contributed by atoms with Gasteiger partial charge >= 0.3 is 5.97 Å². The van der Waals surface area contributed by atoms with Crippen molar-refractivity contribution >= 4 is 22.8 Å². The molecule has 1 aromatic heterocycles. The molecule has 5 heteroatoms. The van der Waals surface area contributed by atoms with E-state index in [1.54, 1.807) is 0 Å². The molecule has 2 rings (SSSR count). The van der Waals surface area contributed by atoms with E-state index in [9.17, 15) is 9.59 Å². The molecule has 0 aliphatic carbocycles. The summed E-state index contributed by atoms with van der Waals surface area (Å²) in [7, 11) is 0. The Hall–Kier alpha value is -2.43. The van der Waals surface area contributed by atoms with Crippen molar-refractivity contribution in [3.8, 4) is 0 Å². The Morgan fingerprint density at radius 2 is 1.88 bits per heavy atom. The van der Waals surface area contributed by atoms with Gasteiger partial charge in [0.2, 0.25) is 5.91 Å². The number of aromatic nitrogens is 1. The van der Waals surface area contributed by atoms with Gasteiger partial charge < -0.3 is 10.1 Å². The van der Waals surface area contributed by atoms with Gasteiger partial charge in [-0.1, -0.05) is 24.3 Å². The number of hydrogen-bond acceptors (Lipinski definition) is 4. The van der Waals surface area contributed by atoms with Crippen molar-refractivity contribution in [1.29, 1.82) is 0 Å². The molecule has 5 nitrogen and oxygen atoms in total. The molecule has 1 heterocycles. The Kier molecular flexibility index (Phi) is 5.54. The number of rotatable bonds is 5. The first-order valence-corrected chi connectivity index (χ1v) is 8.09. The van der Waals surface area contributed by atoms with Crippen LogP contribution in [-0.2, 0) is 14.3 Å². The van der Waals surface area contributed by atoms with Crippen LogP contribution in [0.25, 0.3) is 10.9 Å². The van der Waals surface area contributed by atoms with E-state index in [0.29, 0.717) is 6.42 Å². The van der Waals surface area contributed by atoms with Crippen molar-refractivity contribution in [2.24, 2.45) is 0 Å². The number of carbonyl (C=O) groups is 2. The zero-order valence-electron chi connectivity index (χ0n) is 14.6. The minimum Gasteiger partial charge on any atom is -0.460 e. The third-order valence-electron chi connectivity index (χ3n) is 3.41. The Labute approximate surface area is 142 Å².